The van der Waals surface area contributed by atoms with Crippen LogP contribution in [0.5, 0.6) is 0 Å². The Hall–Kier alpha value is -1.53. The molecule has 20 heavy (non-hydrogen) atoms. The van der Waals surface area contributed by atoms with E-state index in [-0.39, 0.29) is 23.8 Å². The molecule has 0 unspecified atom stereocenters. The van der Waals surface area contributed by atoms with Gasteiger partial charge < -0.3 is 4.90 Å². The summed E-state index contributed by atoms with van der Waals surface area (Å²) in [4.78, 5) is 14.4. The molecule has 0 N–H and O–H groups in total. The summed E-state index contributed by atoms with van der Waals surface area (Å²) in [6.45, 7) is 0.623. The van der Waals surface area contributed by atoms with Crippen molar-refractivity contribution in [3.05, 3.63) is 35.9 Å². The number of benzene rings is 1. The quantitative estimate of drug-likeness (QED) is 0.785. The summed E-state index contributed by atoms with van der Waals surface area (Å²) in [5.41, 5.74) is 1.13. The molecule has 104 valence electrons. The fraction of sp³-hybridized carbons (Fsp3) is 0.500. The van der Waals surface area contributed by atoms with E-state index in [1.54, 1.807) is 0 Å². The second kappa shape index (κ2) is 5.46. The Bertz CT molecular complexity index is 539. The van der Waals surface area contributed by atoms with Crippen molar-refractivity contribution in [2.24, 2.45) is 11.8 Å². The highest BCUT2D eigenvalue weighted by Crippen LogP contribution is 2.41. The average Bonchev–Trinajstić information content (AvgIpc) is 2.50. The molecule has 1 aliphatic heterocycles. The summed E-state index contributed by atoms with van der Waals surface area (Å²) in [5, 5.41) is 8.63. The van der Waals surface area contributed by atoms with Gasteiger partial charge in [0, 0.05) is 18.5 Å². The summed E-state index contributed by atoms with van der Waals surface area (Å²) in [5.74, 6) is -0.0340. The van der Waals surface area contributed by atoms with Crippen molar-refractivity contribution in [2.75, 3.05) is 0 Å². The van der Waals surface area contributed by atoms with Gasteiger partial charge in [0.05, 0.1) is 12.0 Å². The molecule has 2 aliphatic rings. The van der Waals surface area contributed by atoms with Gasteiger partial charge >= 0.3 is 0 Å². The van der Waals surface area contributed by atoms with Gasteiger partial charge in [-0.3, -0.25) is 4.79 Å². The number of piperidine rings is 1. The van der Waals surface area contributed by atoms with Crippen molar-refractivity contribution in [2.45, 2.75) is 37.2 Å². The van der Waals surface area contributed by atoms with Crippen molar-refractivity contribution in [3.8, 4) is 6.07 Å². The SMILES string of the molecule is N#C[C@H]1CC[C@@H]2C[C@H]1[C@H](Cl)C(=O)N2Cc1ccccc1. The number of carbonyl (C=O) groups is 1. The molecule has 0 aromatic heterocycles. The van der Waals surface area contributed by atoms with E-state index in [1.807, 2.05) is 35.2 Å². The fourth-order valence-electron chi connectivity index (χ4n) is 3.46. The number of nitriles is 1. The largest absolute Gasteiger partial charge is 0.334 e. The van der Waals surface area contributed by atoms with Gasteiger partial charge in [-0.15, -0.1) is 11.6 Å². The summed E-state index contributed by atoms with van der Waals surface area (Å²) in [7, 11) is 0. The van der Waals surface area contributed by atoms with Crippen LogP contribution in [0.4, 0.5) is 0 Å². The van der Waals surface area contributed by atoms with Crippen LogP contribution in [0.15, 0.2) is 30.3 Å². The Morgan fingerprint density at radius 1 is 1.30 bits per heavy atom. The van der Waals surface area contributed by atoms with E-state index in [1.165, 1.54) is 0 Å². The molecular formula is C16H17ClN2O. The molecule has 2 fully saturated rings. The van der Waals surface area contributed by atoms with Crippen LogP contribution >= 0.6 is 11.6 Å². The van der Waals surface area contributed by atoms with E-state index in [9.17, 15) is 10.1 Å². The van der Waals surface area contributed by atoms with E-state index in [4.69, 9.17) is 11.6 Å². The lowest BCUT2D eigenvalue weighted by atomic mass is 9.72. The van der Waals surface area contributed by atoms with E-state index < -0.39 is 5.38 Å². The molecule has 4 atom stereocenters. The van der Waals surface area contributed by atoms with Crippen molar-refractivity contribution in [1.29, 1.82) is 5.26 Å². The van der Waals surface area contributed by atoms with Crippen LogP contribution in [0.2, 0.25) is 0 Å². The maximum atomic E-state index is 12.5. The van der Waals surface area contributed by atoms with Crippen LogP contribution in [-0.2, 0) is 11.3 Å². The first-order valence-corrected chi connectivity index (χ1v) is 7.52. The third kappa shape index (κ3) is 2.29. The molecule has 1 aliphatic carbocycles. The second-order valence-corrected chi connectivity index (χ2v) is 6.19. The molecule has 1 aromatic rings. The van der Waals surface area contributed by atoms with Crippen LogP contribution in [0.3, 0.4) is 0 Å². The monoisotopic (exact) mass is 288 g/mol. The van der Waals surface area contributed by atoms with Gasteiger partial charge in [0.2, 0.25) is 5.91 Å². The van der Waals surface area contributed by atoms with E-state index in [0.717, 1.165) is 24.8 Å². The third-order valence-electron chi connectivity index (χ3n) is 4.57. The van der Waals surface area contributed by atoms with Crippen molar-refractivity contribution < 1.29 is 4.79 Å². The minimum Gasteiger partial charge on any atom is -0.334 e. The highest BCUT2D eigenvalue weighted by Gasteiger charge is 2.47. The smallest absolute Gasteiger partial charge is 0.241 e. The summed E-state index contributed by atoms with van der Waals surface area (Å²) < 4.78 is 0. The Morgan fingerprint density at radius 3 is 2.75 bits per heavy atom. The molecule has 0 spiro atoms. The lowest BCUT2D eigenvalue weighted by molar-refractivity contribution is -0.141. The number of hydrogen-bond acceptors (Lipinski definition) is 2. The number of nitrogens with zero attached hydrogens (tertiary/aromatic N) is 2. The lowest BCUT2D eigenvalue weighted by Gasteiger charge is -2.46. The van der Waals surface area contributed by atoms with Crippen LogP contribution in [-0.4, -0.2) is 22.2 Å². The highest BCUT2D eigenvalue weighted by molar-refractivity contribution is 6.31. The number of alkyl halides is 1. The molecule has 1 heterocycles. The molecular weight excluding hydrogens is 272 g/mol. The molecule has 1 saturated carbocycles. The van der Waals surface area contributed by atoms with Crippen molar-refractivity contribution in [3.63, 3.8) is 0 Å². The van der Waals surface area contributed by atoms with E-state index in [2.05, 4.69) is 6.07 Å². The van der Waals surface area contributed by atoms with Crippen molar-refractivity contribution >= 4 is 17.5 Å². The van der Waals surface area contributed by atoms with E-state index in [0.29, 0.717) is 6.54 Å². The number of amides is 1. The predicted molar refractivity (Wildman–Crippen MR) is 76.9 cm³/mol. The first-order valence-electron chi connectivity index (χ1n) is 7.09. The highest BCUT2D eigenvalue weighted by atomic mass is 35.5. The van der Waals surface area contributed by atoms with Crippen LogP contribution in [0.1, 0.15) is 24.8 Å². The normalized spacial score (nSPS) is 32.8. The Labute approximate surface area is 124 Å². The number of halogens is 1. The maximum Gasteiger partial charge on any atom is 0.241 e. The zero-order chi connectivity index (χ0) is 14.1. The van der Waals surface area contributed by atoms with E-state index >= 15 is 0 Å². The summed E-state index contributed by atoms with van der Waals surface area (Å²) >= 11 is 6.32. The van der Waals surface area contributed by atoms with Gasteiger partial charge in [0.1, 0.15) is 5.38 Å². The molecule has 0 radical (unpaired) electrons. The summed E-state index contributed by atoms with van der Waals surface area (Å²) in [6.07, 6.45) is 2.63. The van der Waals surface area contributed by atoms with Gasteiger partial charge in [0.25, 0.3) is 0 Å². The summed E-state index contributed by atoms with van der Waals surface area (Å²) in [6, 6.07) is 12.6. The zero-order valence-electron chi connectivity index (χ0n) is 11.2. The first-order chi connectivity index (χ1) is 9.70. The number of hydrogen-bond donors (Lipinski definition) is 0. The number of rotatable bonds is 2. The standard InChI is InChI=1S/C16H17ClN2O/c17-15-14-8-13(7-6-12(14)9-18)19(16(15)20)10-11-4-2-1-3-5-11/h1-5,12-15H,6-8,10H2/t12-,13-,14-,15+/m1/s1. The van der Waals surface area contributed by atoms with Crippen molar-refractivity contribution in [1.82, 2.24) is 4.90 Å². The molecule has 1 amide bonds. The molecule has 3 nitrogen and oxygen atoms in total. The minimum absolute atomic E-state index is 0.00304. The zero-order valence-corrected chi connectivity index (χ0v) is 12.0. The lowest BCUT2D eigenvalue weighted by Crippen LogP contribution is -2.55. The molecule has 1 aromatic carbocycles. The average molecular weight is 289 g/mol. The predicted octanol–water partition coefficient (Wildman–Crippen LogP) is 2.94. The Morgan fingerprint density at radius 2 is 2.05 bits per heavy atom. The van der Waals surface area contributed by atoms with Gasteiger partial charge in [-0.05, 0) is 24.8 Å². The first kappa shape index (κ1) is 13.5. The minimum atomic E-state index is -0.542. The van der Waals surface area contributed by atoms with Crippen LogP contribution < -0.4 is 0 Å². The van der Waals surface area contributed by atoms with Gasteiger partial charge in [-0.1, -0.05) is 30.3 Å². The van der Waals surface area contributed by atoms with Gasteiger partial charge in [0.15, 0.2) is 0 Å². The topological polar surface area (TPSA) is 44.1 Å². The number of fused-ring (bicyclic) bond motifs is 2. The van der Waals surface area contributed by atoms with Crippen LogP contribution in [0.25, 0.3) is 0 Å². The molecule has 3 rings (SSSR count). The number of carbonyl (C=O) groups excluding carboxylic acids is 1. The number of likely N-dealkylation sites (tertiary alicyclic amines) is 1. The van der Waals surface area contributed by atoms with Gasteiger partial charge in [-0.2, -0.15) is 5.26 Å². The van der Waals surface area contributed by atoms with Crippen LogP contribution in [0, 0.1) is 23.2 Å². The Kier molecular flexibility index (Phi) is 3.67. The molecule has 4 heteroatoms. The third-order valence-corrected chi connectivity index (χ3v) is 5.08. The Balaban J connectivity index is 1.80. The fourth-order valence-corrected chi connectivity index (χ4v) is 3.86. The maximum absolute atomic E-state index is 12.5. The second-order valence-electron chi connectivity index (χ2n) is 5.72. The van der Waals surface area contributed by atoms with Gasteiger partial charge in [-0.25, -0.2) is 0 Å². The molecule has 1 saturated heterocycles. The molecule has 2 bridgehead atoms.